The van der Waals surface area contributed by atoms with Crippen molar-refractivity contribution in [2.75, 3.05) is 21.3 Å². The summed E-state index contributed by atoms with van der Waals surface area (Å²) in [6, 6.07) is 17.2. The first kappa shape index (κ1) is 19.6. The van der Waals surface area contributed by atoms with E-state index in [1.54, 1.807) is 27.4 Å². The third-order valence-corrected chi connectivity index (χ3v) is 4.87. The van der Waals surface area contributed by atoms with Gasteiger partial charge in [-0.15, -0.1) is 0 Å². The van der Waals surface area contributed by atoms with Gasteiger partial charge in [-0.3, -0.25) is 10.2 Å². The van der Waals surface area contributed by atoms with E-state index in [0.717, 1.165) is 21.7 Å². The van der Waals surface area contributed by atoms with Crippen LogP contribution in [0.15, 0.2) is 59.0 Å². The molecule has 0 saturated heterocycles. The van der Waals surface area contributed by atoms with E-state index in [1.807, 2.05) is 48.5 Å². The molecule has 0 saturated carbocycles. The molecule has 154 valence electrons. The van der Waals surface area contributed by atoms with Crippen LogP contribution in [-0.4, -0.2) is 27.2 Å². The maximum absolute atomic E-state index is 12.6. The predicted octanol–water partition coefficient (Wildman–Crippen LogP) is 4.05. The first-order chi connectivity index (χ1) is 14.6. The average molecular weight is 406 g/mol. The maximum atomic E-state index is 12.6. The molecule has 0 radical (unpaired) electrons. The molecule has 3 aromatic carbocycles. The number of nitrogens with one attached hydrogen (secondary N) is 2. The minimum atomic E-state index is -0.359. The highest BCUT2D eigenvalue weighted by Gasteiger charge is 2.15. The summed E-state index contributed by atoms with van der Waals surface area (Å²) in [5.74, 6) is 1.48. The molecule has 1 heterocycles. The molecule has 4 rings (SSSR count). The van der Waals surface area contributed by atoms with Crippen LogP contribution >= 0.6 is 0 Å². The quantitative estimate of drug-likeness (QED) is 0.451. The van der Waals surface area contributed by atoms with Crippen molar-refractivity contribution in [1.82, 2.24) is 10.9 Å². The molecular weight excluding hydrogens is 384 g/mol. The molecule has 1 aromatic heterocycles. The Morgan fingerprint density at radius 1 is 0.900 bits per heavy atom. The Morgan fingerprint density at radius 3 is 2.33 bits per heavy atom. The predicted molar refractivity (Wildman–Crippen MR) is 114 cm³/mol. The molecule has 7 heteroatoms. The van der Waals surface area contributed by atoms with Gasteiger partial charge in [0.2, 0.25) is 5.75 Å². The van der Waals surface area contributed by atoms with Gasteiger partial charge < -0.3 is 18.6 Å². The van der Waals surface area contributed by atoms with Gasteiger partial charge in [-0.1, -0.05) is 30.3 Å². The van der Waals surface area contributed by atoms with E-state index in [4.69, 9.17) is 18.6 Å². The first-order valence-corrected chi connectivity index (χ1v) is 9.38. The zero-order chi connectivity index (χ0) is 21.1. The summed E-state index contributed by atoms with van der Waals surface area (Å²) in [4.78, 5) is 12.6. The van der Waals surface area contributed by atoms with Gasteiger partial charge in [-0.2, -0.15) is 0 Å². The van der Waals surface area contributed by atoms with Crippen LogP contribution in [0.5, 0.6) is 17.2 Å². The molecule has 4 aromatic rings. The lowest BCUT2D eigenvalue weighted by molar-refractivity contribution is 0.0906. The molecule has 0 bridgehead atoms. The van der Waals surface area contributed by atoms with Crippen molar-refractivity contribution >= 4 is 27.6 Å². The number of rotatable bonds is 7. The van der Waals surface area contributed by atoms with Crippen LogP contribution in [0.3, 0.4) is 0 Å². The third-order valence-electron chi connectivity index (χ3n) is 4.87. The van der Waals surface area contributed by atoms with E-state index >= 15 is 0 Å². The molecule has 0 fully saturated rings. The van der Waals surface area contributed by atoms with Gasteiger partial charge in [0.1, 0.15) is 5.58 Å². The number of carbonyl (C=O) groups excluding carboxylic acids is 1. The second kappa shape index (κ2) is 8.34. The highest BCUT2D eigenvalue weighted by atomic mass is 16.5. The fourth-order valence-electron chi connectivity index (χ4n) is 3.43. The van der Waals surface area contributed by atoms with Crippen LogP contribution in [0.25, 0.3) is 21.7 Å². The Bertz CT molecular complexity index is 1190. The van der Waals surface area contributed by atoms with Gasteiger partial charge in [0.15, 0.2) is 17.3 Å². The Labute approximate surface area is 173 Å². The van der Waals surface area contributed by atoms with Crippen molar-refractivity contribution < 1.29 is 23.4 Å². The van der Waals surface area contributed by atoms with E-state index in [9.17, 15) is 4.79 Å². The molecule has 7 nitrogen and oxygen atoms in total. The van der Waals surface area contributed by atoms with Gasteiger partial charge in [0.05, 0.1) is 21.3 Å². The summed E-state index contributed by atoms with van der Waals surface area (Å²) in [7, 11) is 4.66. The van der Waals surface area contributed by atoms with Crippen LogP contribution in [0.4, 0.5) is 0 Å². The third kappa shape index (κ3) is 3.62. The average Bonchev–Trinajstić information content (AvgIpc) is 3.23. The maximum Gasteiger partial charge on any atom is 0.301 e. The van der Waals surface area contributed by atoms with Crippen LogP contribution in [0, 0.1) is 0 Å². The van der Waals surface area contributed by atoms with Crippen LogP contribution in [-0.2, 0) is 6.54 Å². The number of methoxy groups -OCH3 is 3. The number of amides is 1. The lowest BCUT2D eigenvalue weighted by Crippen LogP contribution is -2.36. The molecule has 0 unspecified atom stereocenters. The van der Waals surface area contributed by atoms with Gasteiger partial charge in [0, 0.05) is 11.9 Å². The van der Waals surface area contributed by atoms with Crippen molar-refractivity contribution in [2.45, 2.75) is 6.54 Å². The monoisotopic (exact) mass is 406 g/mol. The van der Waals surface area contributed by atoms with Crippen LogP contribution < -0.4 is 25.1 Å². The largest absolute Gasteiger partial charge is 0.493 e. The van der Waals surface area contributed by atoms with Crippen molar-refractivity contribution in [1.29, 1.82) is 0 Å². The van der Waals surface area contributed by atoms with Crippen LogP contribution in [0.1, 0.15) is 16.1 Å². The van der Waals surface area contributed by atoms with E-state index in [0.29, 0.717) is 29.4 Å². The second-order valence-corrected chi connectivity index (χ2v) is 6.65. The topological polar surface area (TPSA) is 82.0 Å². The number of fused-ring (bicyclic) bond motifs is 3. The minimum Gasteiger partial charge on any atom is -0.493 e. The molecule has 0 aliphatic heterocycles. The molecule has 30 heavy (non-hydrogen) atoms. The van der Waals surface area contributed by atoms with E-state index in [1.165, 1.54) is 0 Å². The van der Waals surface area contributed by atoms with Gasteiger partial charge in [-0.05, 0) is 40.6 Å². The Morgan fingerprint density at radius 2 is 1.63 bits per heavy atom. The van der Waals surface area contributed by atoms with E-state index in [-0.39, 0.29) is 11.7 Å². The van der Waals surface area contributed by atoms with Gasteiger partial charge in [0.25, 0.3) is 0 Å². The number of hydrogen-bond acceptors (Lipinski definition) is 6. The molecule has 0 aliphatic carbocycles. The first-order valence-electron chi connectivity index (χ1n) is 9.38. The lowest BCUT2D eigenvalue weighted by Gasteiger charge is -2.14. The van der Waals surface area contributed by atoms with Gasteiger partial charge in [-0.25, -0.2) is 5.43 Å². The summed E-state index contributed by atoms with van der Waals surface area (Å²) >= 11 is 0. The van der Waals surface area contributed by atoms with Crippen molar-refractivity contribution in [2.24, 2.45) is 0 Å². The molecule has 0 aliphatic rings. The number of hydrazine groups is 1. The second-order valence-electron chi connectivity index (χ2n) is 6.65. The molecule has 1 amide bonds. The van der Waals surface area contributed by atoms with Crippen molar-refractivity contribution in [3.8, 4) is 17.2 Å². The Hall–Kier alpha value is -3.71. The minimum absolute atomic E-state index is 0.235. The standard InChI is InChI=1S/C23H22N2O5/c1-27-19-10-14(11-20(28-2)22(19)29-3)13-24-25-23(26)21-12-17-16-7-5-4-6-15(16)8-9-18(17)30-21/h4-12,24H,13H2,1-3H3,(H,25,26). The fourth-order valence-corrected chi connectivity index (χ4v) is 3.43. The number of hydrogen-bond donors (Lipinski definition) is 2. The summed E-state index contributed by atoms with van der Waals surface area (Å²) in [5, 5.41) is 3.05. The van der Waals surface area contributed by atoms with Crippen molar-refractivity contribution in [3.63, 3.8) is 0 Å². The summed E-state index contributed by atoms with van der Waals surface area (Å²) in [6.07, 6.45) is 0. The van der Waals surface area contributed by atoms with E-state index in [2.05, 4.69) is 10.9 Å². The van der Waals surface area contributed by atoms with E-state index < -0.39 is 0 Å². The Balaban J connectivity index is 1.48. The zero-order valence-corrected chi connectivity index (χ0v) is 16.9. The highest BCUT2D eigenvalue weighted by molar-refractivity contribution is 6.08. The highest BCUT2D eigenvalue weighted by Crippen LogP contribution is 2.38. The fraction of sp³-hybridized carbons (Fsp3) is 0.174. The SMILES string of the molecule is COc1cc(CNNC(=O)c2cc3c(ccc4ccccc43)o2)cc(OC)c1OC. The lowest BCUT2D eigenvalue weighted by atomic mass is 10.1. The van der Waals surface area contributed by atoms with Crippen LogP contribution in [0.2, 0.25) is 0 Å². The molecule has 0 atom stereocenters. The summed E-state index contributed by atoms with van der Waals surface area (Å²) in [5.41, 5.74) is 7.09. The normalized spacial score (nSPS) is 10.9. The smallest absolute Gasteiger partial charge is 0.301 e. The Kier molecular flexibility index (Phi) is 5.45. The van der Waals surface area contributed by atoms with Gasteiger partial charge >= 0.3 is 5.91 Å². The zero-order valence-electron chi connectivity index (χ0n) is 16.9. The number of benzene rings is 3. The molecule has 0 spiro atoms. The molecular formula is C23H22N2O5. The summed E-state index contributed by atoms with van der Waals surface area (Å²) in [6.45, 7) is 0.353. The number of carbonyl (C=O) groups is 1. The summed E-state index contributed by atoms with van der Waals surface area (Å²) < 4.78 is 21.8. The molecule has 2 N–H and O–H groups in total. The number of furan rings is 1. The van der Waals surface area contributed by atoms with Crippen molar-refractivity contribution in [3.05, 3.63) is 65.9 Å². The number of ether oxygens (including phenoxy) is 3.